The zero-order valence-corrected chi connectivity index (χ0v) is 21.9. The second-order valence-electron chi connectivity index (χ2n) is 5.94. The zero-order chi connectivity index (χ0) is 23.3. The van der Waals surface area contributed by atoms with Crippen LogP contribution < -0.4 is 20.7 Å². The van der Waals surface area contributed by atoms with Gasteiger partial charge >= 0.3 is 0 Å². The van der Waals surface area contributed by atoms with Crippen LogP contribution in [-0.2, 0) is 0 Å². The van der Waals surface area contributed by atoms with Crippen molar-refractivity contribution in [1.29, 1.82) is 0 Å². The van der Waals surface area contributed by atoms with Gasteiger partial charge in [-0.2, -0.15) is 0 Å². The molecule has 0 aliphatic rings. The first-order valence-electron chi connectivity index (χ1n) is 11.2. The predicted molar refractivity (Wildman–Crippen MR) is 139 cm³/mol. The minimum Gasteiger partial charge on any atom is -0.384 e. The second-order valence-corrected chi connectivity index (χ2v) is 8.09. The standard InChI is InChI=1S/C18H27ClFN5S2.2C2H6/c1-2-5-21-8-9-22-6-3-4-7-23-16-13-15(20)17(12-14(16)19)27-25-18-24-10-11-26-18;2*1-2/h10-13,21-23H,2-9H2,1H3,(H,24,25);2*1-2H3. The Hall–Kier alpha value is -1.06. The molecule has 1 aromatic heterocycles. The highest BCUT2D eigenvalue weighted by atomic mass is 35.5. The molecule has 1 aromatic carbocycles. The van der Waals surface area contributed by atoms with Crippen LogP contribution in [0.2, 0.25) is 5.02 Å². The third-order valence-corrected chi connectivity index (χ3v) is 5.66. The maximum atomic E-state index is 14.3. The van der Waals surface area contributed by atoms with Crippen LogP contribution in [0.25, 0.3) is 0 Å². The van der Waals surface area contributed by atoms with Crippen molar-refractivity contribution in [2.45, 2.75) is 58.8 Å². The van der Waals surface area contributed by atoms with Crippen LogP contribution in [0.3, 0.4) is 0 Å². The van der Waals surface area contributed by atoms with Crippen LogP contribution in [0.1, 0.15) is 53.9 Å². The average molecular weight is 492 g/mol. The molecule has 1 heterocycles. The van der Waals surface area contributed by atoms with E-state index in [-0.39, 0.29) is 5.82 Å². The van der Waals surface area contributed by atoms with Crippen molar-refractivity contribution < 1.29 is 4.39 Å². The Morgan fingerprint density at radius 3 is 2.32 bits per heavy atom. The van der Waals surface area contributed by atoms with Gasteiger partial charge in [-0.25, -0.2) is 9.37 Å². The van der Waals surface area contributed by atoms with Gasteiger partial charge in [0.05, 0.1) is 15.6 Å². The quantitative estimate of drug-likeness (QED) is 0.170. The lowest BCUT2D eigenvalue weighted by molar-refractivity contribution is 0.586. The molecule has 5 nitrogen and oxygen atoms in total. The van der Waals surface area contributed by atoms with Gasteiger partial charge in [0, 0.05) is 31.2 Å². The molecule has 0 aliphatic heterocycles. The number of rotatable bonds is 14. The van der Waals surface area contributed by atoms with Crippen molar-refractivity contribution in [3.05, 3.63) is 34.5 Å². The van der Waals surface area contributed by atoms with E-state index in [0.29, 0.717) is 15.6 Å². The van der Waals surface area contributed by atoms with E-state index in [2.05, 4.69) is 32.6 Å². The number of hydrogen-bond acceptors (Lipinski definition) is 7. The van der Waals surface area contributed by atoms with E-state index in [0.717, 1.165) is 57.1 Å². The lowest BCUT2D eigenvalue weighted by atomic mass is 10.2. The smallest absolute Gasteiger partial charge is 0.192 e. The molecule has 0 spiro atoms. The fourth-order valence-corrected chi connectivity index (χ4v) is 3.88. The van der Waals surface area contributed by atoms with Crippen molar-refractivity contribution >= 4 is 45.7 Å². The Labute approximate surface area is 201 Å². The zero-order valence-electron chi connectivity index (χ0n) is 19.5. The normalized spacial score (nSPS) is 9.90. The molecule has 178 valence electrons. The summed E-state index contributed by atoms with van der Waals surface area (Å²) in [6.07, 6.45) is 4.92. The van der Waals surface area contributed by atoms with Gasteiger partial charge < -0.3 is 20.7 Å². The Morgan fingerprint density at radius 1 is 1.00 bits per heavy atom. The number of halogens is 2. The van der Waals surface area contributed by atoms with Gasteiger partial charge in [-0.05, 0) is 56.4 Å². The molecule has 0 saturated heterocycles. The first kappa shape index (κ1) is 29.9. The van der Waals surface area contributed by atoms with Crippen LogP contribution in [-0.4, -0.2) is 37.7 Å². The summed E-state index contributed by atoms with van der Waals surface area (Å²) < 4.78 is 17.3. The van der Waals surface area contributed by atoms with Crippen molar-refractivity contribution in [2.75, 3.05) is 42.8 Å². The molecule has 0 fully saturated rings. The first-order chi connectivity index (χ1) is 15.2. The summed E-state index contributed by atoms with van der Waals surface area (Å²) in [5.74, 6) is -0.308. The molecule has 0 atom stereocenters. The third kappa shape index (κ3) is 13.9. The summed E-state index contributed by atoms with van der Waals surface area (Å²) in [6.45, 7) is 15.0. The van der Waals surface area contributed by atoms with E-state index >= 15 is 0 Å². The molecular weight excluding hydrogens is 453 g/mol. The number of benzene rings is 1. The van der Waals surface area contributed by atoms with E-state index in [1.807, 2.05) is 33.1 Å². The lowest BCUT2D eigenvalue weighted by Gasteiger charge is -2.11. The molecular formula is C22H39ClFN5S2. The molecule has 0 unspecified atom stereocenters. The number of aromatic nitrogens is 1. The van der Waals surface area contributed by atoms with E-state index in [4.69, 9.17) is 11.6 Å². The lowest BCUT2D eigenvalue weighted by Crippen LogP contribution is -2.28. The second kappa shape index (κ2) is 20.8. The Bertz CT molecular complexity index is 660. The summed E-state index contributed by atoms with van der Waals surface area (Å²) in [7, 11) is 0. The largest absolute Gasteiger partial charge is 0.384 e. The minimum atomic E-state index is -0.308. The summed E-state index contributed by atoms with van der Waals surface area (Å²) in [4.78, 5) is 4.55. The third-order valence-electron chi connectivity index (χ3n) is 3.70. The van der Waals surface area contributed by atoms with Crippen LogP contribution in [0.5, 0.6) is 0 Å². The maximum absolute atomic E-state index is 14.3. The monoisotopic (exact) mass is 491 g/mol. The number of hydrogen-bond donors (Lipinski definition) is 4. The highest BCUT2D eigenvalue weighted by Gasteiger charge is 2.10. The van der Waals surface area contributed by atoms with Crippen molar-refractivity contribution in [3.63, 3.8) is 0 Å². The number of unbranched alkanes of at least 4 members (excludes halogenated alkanes) is 1. The SMILES string of the molecule is CC.CC.CCCNCCNCCCCNc1cc(F)c(SNc2nccs2)cc1Cl. The number of thiazole rings is 1. The maximum Gasteiger partial charge on any atom is 0.192 e. The molecule has 0 saturated carbocycles. The molecule has 0 amide bonds. The van der Waals surface area contributed by atoms with Gasteiger partial charge in [0.25, 0.3) is 0 Å². The number of anilines is 2. The first-order valence-corrected chi connectivity index (χ1v) is 13.2. The van der Waals surface area contributed by atoms with Crippen LogP contribution in [0.15, 0.2) is 28.6 Å². The Kier molecular flexibility index (Phi) is 20.1. The molecule has 2 rings (SSSR count). The number of nitrogens with one attached hydrogen (secondary N) is 4. The van der Waals surface area contributed by atoms with Crippen LogP contribution in [0.4, 0.5) is 15.2 Å². The molecule has 9 heteroatoms. The molecule has 4 N–H and O–H groups in total. The van der Waals surface area contributed by atoms with Crippen molar-refractivity contribution in [3.8, 4) is 0 Å². The van der Waals surface area contributed by atoms with Gasteiger partial charge in [0.1, 0.15) is 5.82 Å². The summed E-state index contributed by atoms with van der Waals surface area (Å²) in [5.41, 5.74) is 0.629. The summed E-state index contributed by atoms with van der Waals surface area (Å²) in [6, 6.07) is 3.08. The van der Waals surface area contributed by atoms with E-state index < -0.39 is 0 Å². The summed E-state index contributed by atoms with van der Waals surface area (Å²) in [5, 5.41) is 13.1. The molecule has 0 radical (unpaired) electrons. The van der Waals surface area contributed by atoms with E-state index in [9.17, 15) is 4.39 Å². The highest BCUT2D eigenvalue weighted by Crippen LogP contribution is 2.32. The summed E-state index contributed by atoms with van der Waals surface area (Å²) >= 11 is 8.91. The predicted octanol–water partition coefficient (Wildman–Crippen LogP) is 6.89. The molecule has 2 aromatic rings. The number of nitrogens with zero attached hydrogens (tertiary/aromatic N) is 1. The molecule has 31 heavy (non-hydrogen) atoms. The Morgan fingerprint density at radius 2 is 1.68 bits per heavy atom. The topological polar surface area (TPSA) is 61.0 Å². The van der Waals surface area contributed by atoms with Crippen molar-refractivity contribution in [1.82, 2.24) is 15.6 Å². The van der Waals surface area contributed by atoms with E-state index in [1.165, 1.54) is 29.4 Å². The fraction of sp³-hybridized carbons (Fsp3) is 0.591. The van der Waals surface area contributed by atoms with Gasteiger partial charge in [-0.3, -0.25) is 0 Å². The molecule has 0 aliphatic carbocycles. The van der Waals surface area contributed by atoms with Crippen LogP contribution >= 0.6 is 34.9 Å². The van der Waals surface area contributed by atoms with Gasteiger partial charge in [-0.1, -0.05) is 46.2 Å². The van der Waals surface area contributed by atoms with Gasteiger partial charge in [-0.15, -0.1) is 11.3 Å². The van der Waals surface area contributed by atoms with Gasteiger partial charge in [0.2, 0.25) is 0 Å². The average Bonchev–Trinajstić information content (AvgIpc) is 3.32. The Balaban J connectivity index is 0.00000212. The van der Waals surface area contributed by atoms with Crippen LogP contribution in [0, 0.1) is 5.82 Å². The molecule has 0 bridgehead atoms. The van der Waals surface area contributed by atoms with Crippen molar-refractivity contribution in [2.24, 2.45) is 0 Å². The minimum absolute atomic E-state index is 0.308. The van der Waals surface area contributed by atoms with E-state index in [1.54, 1.807) is 12.3 Å². The fourth-order valence-electron chi connectivity index (χ4n) is 2.32. The highest BCUT2D eigenvalue weighted by molar-refractivity contribution is 8.00. The van der Waals surface area contributed by atoms with Gasteiger partial charge in [0.15, 0.2) is 5.13 Å².